The molecule has 0 aliphatic carbocycles. The first-order valence-electron chi connectivity index (χ1n) is 5.72. The van der Waals surface area contributed by atoms with Crippen molar-refractivity contribution in [2.24, 2.45) is 0 Å². The largest absolute Gasteiger partial charge is 0.490 e. The average molecular weight is 250 g/mol. The summed E-state index contributed by atoms with van der Waals surface area (Å²) in [6, 6.07) is 8.19. The van der Waals surface area contributed by atoms with Crippen LogP contribution in [0.15, 0.2) is 42.1 Å². The normalized spacial score (nSPS) is 11.8. The molecule has 0 atom stereocenters. The summed E-state index contributed by atoms with van der Waals surface area (Å²) < 4.78 is 7.93. The average Bonchev–Trinajstić information content (AvgIpc) is 2.70. The van der Waals surface area contributed by atoms with Crippen molar-refractivity contribution >= 4 is 22.5 Å². The number of aromatic nitrogens is 1. The minimum Gasteiger partial charge on any atom is -0.490 e. The molecule has 2 nitrogen and oxygen atoms in total. The third-order valence-corrected chi connectivity index (χ3v) is 2.71. The van der Waals surface area contributed by atoms with Crippen molar-refractivity contribution in [3.8, 4) is 5.75 Å². The monoisotopic (exact) mass is 249 g/mol. The fourth-order valence-electron chi connectivity index (χ4n) is 1.86. The Morgan fingerprint density at radius 3 is 2.88 bits per heavy atom. The molecule has 3 heteroatoms. The molecule has 0 saturated carbocycles. The molecule has 0 N–H and O–H groups in total. The van der Waals surface area contributed by atoms with Gasteiger partial charge in [0.05, 0.1) is 11.6 Å². The van der Waals surface area contributed by atoms with Crippen LogP contribution in [0.2, 0.25) is 0 Å². The maximum Gasteiger partial charge on any atom is 0.129 e. The van der Waals surface area contributed by atoms with Gasteiger partial charge in [-0.3, -0.25) is 0 Å². The maximum absolute atomic E-state index is 5.79. The molecule has 90 valence electrons. The molecule has 0 spiro atoms. The molecule has 0 aliphatic heterocycles. The summed E-state index contributed by atoms with van der Waals surface area (Å²) in [7, 11) is 0. The van der Waals surface area contributed by atoms with Crippen LogP contribution < -0.4 is 4.74 Å². The van der Waals surface area contributed by atoms with E-state index < -0.39 is 0 Å². The second-order valence-electron chi connectivity index (χ2n) is 4.19. The lowest BCUT2D eigenvalue weighted by atomic mass is 10.2. The number of nitrogens with zero attached hydrogens (tertiary/aromatic N) is 1. The summed E-state index contributed by atoms with van der Waals surface area (Å²) in [5.41, 5.74) is 2.71. The van der Waals surface area contributed by atoms with Crippen LogP contribution in [0.3, 0.4) is 0 Å². The van der Waals surface area contributed by atoms with Crippen LogP contribution in [0.4, 0.5) is 0 Å². The Morgan fingerprint density at radius 1 is 1.35 bits per heavy atom. The first-order valence-corrected chi connectivity index (χ1v) is 6.15. The van der Waals surface area contributed by atoms with E-state index in [1.54, 1.807) is 5.54 Å². The smallest absolute Gasteiger partial charge is 0.129 e. The van der Waals surface area contributed by atoms with Gasteiger partial charge >= 0.3 is 0 Å². The van der Waals surface area contributed by atoms with Gasteiger partial charge in [0, 0.05) is 23.7 Å². The topological polar surface area (TPSA) is 14.2 Å². The van der Waals surface area contributed by atoms with E-state index in [2.05, 4.69) is 22.9 Å². The first kappa shape index (κ1) is 12.1. The van der Waals surface area contributed by atoms with Gasteiger partial charge in [-0.2, -0.15) is 0 Å². The Balaban J connectivity index is 2.41. The van der Waals surface area contributed by atoms with E-state index in [9.17, 15) is 0 Å². The number of allylic oxidation sites excluding steroid dienone is 1. The third kappa shape index (κ3) is 2.64. The Hall–Kier alpha value is -1.41. The van der Waals surface area contributed by atoms with Gasteiger partial charge in [0.25, 0.3) is 0 Å². The molecule has 0 fully saturated rings. The third-order valence-electron chi connectivity index (χ3n) is 2.53. The molecule has 0 radical (unpaired) electrons. The molecule has 1 aromatic heterocycles. The Morgan fingerprint density at radius 2 is 2.18 bits per heavy atom. The van der Waals surface area contributed by atoms with Crippen LogP contribution in [0.5, 0.6) is 5.75 Å². The van der Waals surface area contributed by atoms with Gasteiger partial charge < -0.3 is 9.30 Å². The predicted octanol–water partition coefficient (Wildman–Crippen LogP) is 4.18. The molecule has 17 heavy (non-hydrogen) atoms. The second kappa shape index (κ2) is 5.28. The quantitative estimate of drug-likeness (QED) is 0.793. The lowest BCUT2D eigenvalue weighted by Gasteiger charge is -2.11. The highest BCUT2D eigenvalue weighted by Gasteiger charge is 2.06. The molecule has 0 amide bonds. The van der Waals surface area contributed by atoms with Gasteiger partial charge in [-0.15, -0.1) is 0 Å². The van der Waals surface area contributed by atoms with Crippen molar-refractivity contribution in [2.45, 2.75) is 26.5 Å². The Kier molecular flexibility index (Phi) is 3.75. The summed E-state index contributed by atoms with van der Waals surface area (Å²) in [6.45, 7) is 4.84. The number of benzene rings is 1. The highest BCUT2D eigenvalue weighted by atomic mass is 35.5. The van der Waals surface area contributed by atoms with E-state index in [1.165, 1.54) is 0 Å². The van der Waals surface area contributed by atoms with Crippen molar-refractivity contribution < 1.29 is 4.74 Å². The summed E-state index contributed by atoms with van der Waals surface area (Å²) in [6.07, 6.45) is 4.15. The fourth-order valence-corrected chi connectivity index (χ4v) is 1.94. The molecular formula is C14H16ClNO. The minimum atomic E-state index is 0.187. The van der Waals surface area contributed by atoms with E-state index >= 15 is 0 Å². The standard InChI is InChI=1S/C14H16ClNO/c1-11(2)17-14-6-3-5-13-12(14)7-10-16(13)9-4-8-15/h3-8,10-11H,9H2,1-2H3/b8-4+. The van der Waals surface area contributed by atoms with Gasteiger partial charge in [0.2, 0.25) is 0 Å². The Labute approximate surface area is 106 Å². The van der Waals surface area contributed by atoms with Gasteiger partial charge in [0.1, 0.15) is 5.75 Å². The number of rotatable bonds is 4. The van der Waals surface area contributed by atoms with Crippen LogP contribution >= 0.6 is 11.6 Å². The summed E-state index contributed by atoms with van der Waals surface area (Å²) in [4.78, 5) is 0. The molecule has 0 bridgehead atoms. The molecule has 1 aromatic carbocycles. The molecule has 2 aromatic rings. The van der Waals surface area contributed by atoms with Gasteiger partial charge in [-0.1, -0.05) is 23.7 Å². The number of hydrogen-bond donors (Lipinski definition) is 0. The van der Waals surface area contributed by atoms with Crippen LogP contribution in [0, 0.1) is 0 Å². The van der Waals surface area contributed by atoms with Crippen molar-refractivity contribution in [1.29, 1.82) is 0 Å². The molecule has 2 rings (SSSR count). The number of hydrogen-bond acceptors (Lipinski definition) is 1. The predicted molar refractivity (Wildman–Crippen MR) is 72.7 cm³/mol. The van der Waals surface area contributed by atoms with Gasteiger partial charge in [-0.25, -0.2) is 0 Å². The van der Waals surface area contributed by atoms with Crippen LogP contribution in [-0.2, 0) is 6.54 Å². The molecule has 0 unspecified atom stereocenters. The molecule has 1 heterocycles. The zero-order valence-electron chi connectivity index (χ0n) is 10.1. The van der Waals surface area contributed by atoms with E-state index in [-0.39, 0.29) is 6.10 Å². The number of ether oxygens (including phenoxy) is 1. The van der Waals surface area contributed by atoms with Crippen LogP contribution in [0.25, 0.3) is 10.9 Å². The van der Waals surface area contributed by atoms with E-state index in [0.717, 1.165) is 23.2 Å². The lowest BCUT2D eigenvalue weighted by molar-refractivity contribution is 0.245. The van der Waals surface area contributed by atoms with Crippen LogP contribution in [-0.4, -0.2) is 10.7 Å². The molecule has 0 saturated heterocycles. The molecular weight excluding hydrogens is 234 g/mol. The van der Waals surface area contributed by atoms with Gasteiger partial charge in [0.15, 0.2) is 0 Å². The van der Waals surface area contributed by atoms with E-state index in [1.807, 2.05) is 32.1 Å². The van der Waals surface area contributed by atoms with Crippen molar-refractivity contribution in [3.63, 3.8) is 0 Å². The SMILES string of the molecule is CC(C)Oc1cccc2c1ccn2C/C=C/Cl. The highest BCUT2D eigenvalue weighted by Crippen LogP contribution is 2.27. The van der Waals surface area contributed by atoms with Gasteiger partial charge in [-0.05, 0) is 32.0 Å². The molecule has 0 aliphatic rings. The van der Waals surface area contributed by atoms with Crippen LogP contribution in [0.1, 0.15) is 13.8 Å². The fraction of sp³-hybridized carbons (Fsp3) is 0.286. The number of fused-ring (bicyclic) bond motifs is 1. The van der Waals surface area contributed by atoms with Crippen molar-refractivity contribution in [2.75, 3.05) is 0 Å². The number of halogens is 1. The first-order chi connectivity index (χ1) is 8.22. The minimum absolute atomic E-state index is 0.187. The maximum atomic E-state index is 5.79. The lowest BCUT2D eigenvalue weighted by Crippen LogP contribution is -2.05. The van der Waals surface area contributed by atoms with E-state index in [4.69, 9.17) is 16.3 Å². The zero-order valence-corrected chi connectivity index (χ0v) is 10.8. The van der Waals surface area contributed by atoms with Crippen molar-refractivity contribution in [3.05, 3.63) is 42.1 Å². The van der Waals surface area contributed by atoms with E-state index in [0.29, 0.717) is 0 Å². The second-order valence-corrected chi connectivity index (χ2v) is 4.44. The zero-order chi connectivity index (χ0) is 12.3. The summed E-state index contributed by atoms with van der Waals surface area (Å²) >= 11 is 5.55. The van der Waals surface area contributed by atoms with Crippen molar-refractivity contribution in [1.82, 2.24) is 4.57 Å². The Bertz CT molecular complexity index is 528. The summed E-state index contributed by atoms with van der Waals surface area (Å²) in [5.74, 6) is 0.936. The summed E-state index contributed by atoms with van der Waals surface area (Å²) in [5, 5.41) is 1.14. The highest BCUT2D eigenvalue weighted by molar-refractivity contribution is 6.25.